The van der Waals surface area contributed by atoms with Gasteiger partial charge in [0.2, 0.25) is 0 Å². The highest BCUT2D eigenvalue weighted by atomic mass is 14.9. The van der Waals surface area contributed by atoms with E-state index in [0.29, 0.717) is 6.04 Å². The molecule has 1 atom stereocenters. The second kappa shape index (κ2) is 2.72. The third-order valence-corrected chi connectivity index (χ3v) is 1.71. The molecule has 1 N–H and O–H groups in total. The Hall–Kier alpha value is -0.720. The van der Waals surface area contributed by atoms with E-state index in [4.69, 9.17) is 0 Å². The van der Waals surface area contributed by atoms with Crippen LogP contribution in [0.4, 0.5) is 0 Å². The standard InChI is InChI=1S/C8H13N/c1-3-8-7(2)5-4-6-9-8/h4-6,8-9H,3H2,1-2H3. The van der Waals surface area contributed by atoms with Gasteiger partial charge in [0.15, 0.2) is 0 Å². The van der Waals surface area contributed by atoms with Crippen molar-refractivity contribution < 1.29 is 0 Å². The zero-order valence-electron chi connectivity index (χ0n) is 6.02. The normalized spacial score (nSPS) is 25.1. The summed E-state index contributed by atoms with van der Waals surface area (Å²) in [5.41, 5.74) is 1.43. The fraction of sp³-hybridized carbons (Fsp3) is 0.500. The minimum atomic E-state index is 0.579. The summed E-state index contributed by atoms with van der Waals surface area (Å²) >= 11 is 0. The quantitative estimate of drug-likeness (QED) is 0.561. The average molecular weight is 123 g/mol. The lowest BCUT2D eigenvalue weighted by atomic mass is 10.0. The number of nitrogens with one attached hydrogen (secondary N) is 1. The van der Waals surface area contributed by atoms with Gasteiger partial charge in [0.25, 0.3) is 0 Å². The molecular formula is C8H13N. The smallest absolute Gasteiger partial charge is 0.0465 e. The lowest BCUT2D eigenvalue weighted by Gasteiger charge is -2.18. The average Bonchev–Trinajstić information content (AvgIpc) is 1.89. The first kappa shape index (κ1) is 6.40. The maximum atomic E-state index is 3.27. The lowest BCUT2D eigenvalue weighted by Crippen LogP contribution is -2.26. The minimum absolute atomic E-state index is 0.579. The number of hydrogen-bond acceptors (Lipinski definition) is 1. The van der Waals surface area contributed by atoms with Crippen LogP contribution in [0, 0.1) is 0 Å². The van der Waals surface area contributed by atoms with Crippen LogP contribution in [0.2, 0.25) is 0 Å². The molecule has 0 aromatic rings. The number of rotatable bonds is 1. The van der Waals surface area contributed by atoms with Gasteiger partial charge in [-0.2, -0.15) is 0 Å². The van der Waals surface area contributed by atoms with E-state index in [-0.39, 0.29) is 0 Å². The van der Waals surface area contributed by atoms with E-state index in [0.717, 1.165) is 0 Å². The Labute approximate surface area is 56.5 Å². The Morgan fingerprint density at radius 2 is 2.44 bits per heavy atom. The molecule has 0 saturated carbocycles. The van der Waals surface area contributed by atoms with Gasteiger partial charge in [-0.05, 0) is 25.6 Å². The molecule has 0 saturated heterocycles. The molecule has 0 aromatic heterocycles. The van der Waals surface area contributed by atoms with Crippen molar-refractivity contribution in [1.82, 2.24) is 5.32 Å². The van der Waals surface area contributed by atoms with Gasteiger partial charge < -0.3 is 5.32 Å². The Morgan fingerprint density at radius 3 is 2.89 bits per heavy atom. The Bertz CT molecular complexity index is 145. The summed E-state index contributed by atoms with van der Waals surface area (Å²) in [6.07, 6.45) is 7.37. The van der Waals surface area contributed by atoms with Crippen LogP contribution < -0.4 is 5.32 Å². The predicted octanol–water partition coefficient (Wildman–Crippen LogP) is 1.83. The molecule has 0 fully saturated rings. The Balaban J connectivity index is 2.59. The highest BCUT2D eigenvalue weighted by Gasteiger charge is 2.05. The van der Waals surface area contributed by atoms with Crippen LogP contribution in [0.1, 0.15) is 20.3 Å². The van der Waals surface area contributed by atoms with Crippen LogP contribution in [0.5, 0.6) is 0 Å². The number of allylic oxidation sites excluding steroid dienone is 2. The van der Waals surface area contributed by atoms with Crippen molar-refractivity contribution in [2.24, 2.45) is 0 Å². The third-order valence-electron chi connectivity index (χ3n) is 1.71. The predicted molar refractivity (Wildman–Crippen MR) is 40.1 cm³/mol. The van der Waals surface area contributed by atoms with E-state index >= 15 is 0 Å². The second-order valence-electron chi connectivity index (χ2n) is 2.40. The number of dihydropyridines is 1. The molecule has 1 nitrogen and oxygen atoms in total. The fourth-order valence-electron chi connectivity index (χ4n) is 1.06. The van der Waals surface area contributed by atoms with E-state index in [1.807, 2.05) is 12.3 Å². The minimum Gasteiger partial charge on any atom is -0.384 e. The largest absolute Gasteiger partial charge is 0.384 e. The lowest BCUT2D eigenvalue weighted by molar-refractivity contribution is 0.636. The van der Waals surface area contributed by atoms with E-state index in [9.17, 15) is 0 Å². The van der Waals surface area contributed by atoms with Crippen molar-refractivity contribution in [3.8, 4) is 0 Å². The van der Waals surface area contributed by atoms with E-state index < -0.39 is 0 Å². The first-order valence-electron chi connectivity index (χ1n) is 3.44. The summed E-state index contributed by atoms with van der Waals surface area (Å²) in [5.74, 6) is 0. The van der Waals surface area contributed by atoms with Crippen molar-refractivity contribution >= 4 is 0 Å². The molecule has 0 spiro atoms. The summed E-state index contributed by atoms with van der Waals surface area (Å²) < 4.78 is 0. The van der Waals surface area contributed by atoms with Gasteiger partial charge in [-0.15, -0.1) is 0 Å². The Morgan fingerprint density at radius 1 is 1.67 bits per heavy atom. The monoisotopic (exact) mass is 123 g/mol. The van der Waals surface area contributed by atoms with Crippen molar-refractivity contribution in [3.05, 3.63) is 23.9 Å². The zero-order valence-corrected chi connectivity index (χ0v) is 6.02. The molecule has 9 heavy (non-hydrogen) atoms. The summed E-state index contributed by atoms with van der Waals surface area (Å²) in [4.78, 5) is 0. The summed E-state index contributed by atoms with van der Waals surface area (Å²) in [6, 6.07) is 0.579. The molecule has 0 bridgehead atoms. The first-order chi connectivity index (χ1) is 4.34. The van der Waals surface area contributed by atoms with Crippen LogP contribution in [0.25, 0.3) is 0 Å². The van der Waals surface area contributed by atoms with Gasteiger partial charge in [0, 0.05) is 6.04 Å². The molecule has 0 aromatic carbocycles. The fourth-order valence-corrected chi connectivity index (χ4v) is 1.06. The van der Waals surface area contributed by atoms with Gasteiger partial charge in [-0.1, -0.05) is 18.6 Å². The van der Waals surface area contributed by atoms with Gasteiger partial charge in [0.1, 0.15) is 0 Å². The molecule has 1 rings (SSSR count). The second-order valence-corrected chi connectivity index (χ2v) is 2.40. The van der Waals surface area contributed by atoms with Crippen LogP contribution in [-0.4, -0.2) is 6.04 Å². The van der Waals surface area contributed by atoms with Crippen molar-refractivity contribution in [3.63, 3.8) is 0 Å². The van der Waals surface area contributed by atoms with Crippen molar-refractivity contribution in [2.75, 3.05) is 0 Å². The van der Waals surface area contributed by atoms with E-state index in [1.54, 1.807) is 0 Å². The molecule has 0 radical (unpaired) electrons. The van der Waals surface area contributed by atoms with Crippen LogP contribution in [0.15, 0.2) is 23.9 Å². The topological polar surface area (TPSA) is 12.0 Å². The molecule has 0 aliphatic carbocycles. The molecular weight excluding hydrogens is 110 g/mol. The number of hydrogen-bond donors (Lipinski definition) is 1. The summed E-state index contributed by atoms with van der Waals surface area (Å²) in [5, 5.41) is 3.27. The highest BCUT2D eigenvalue weighted by molar-refractivity contribution is 5.20. The maximum Gasteiger partial charge on any atom is 0.0465 e. The van der Waals surface area contributed by atoms with Gasteiger partial charge in [-0.25, -0.2) is 0 Å². The van der Waals surface area contributed by atoms with Crippen LogP contribution in [-0.2, 0) is 0 Å². The molecule has 1 aliphatic heterocycles. The van der Waals surface area contributed by atoms with Gasteiger partial charge in [0.05, 0.1) is 0 Å². The van der Waals surface area contributed by atoms with E-state index in [1.165, 1.54) is 12.0 Å². The van der Waals surface area contributed by atoms with Gasteiger partial charge in [-0.3, -0.25) is 0 Å². The maximum absolute atomic E-state index is 3.27. The van der Waals surface area contributed by atoms with Crippen LogP contribution >= 0.6 is 0 Å². The molecule has 1 aliphatic rings. The first-order valence-corrected chi connectivity index (χ1v) is 3.44. The summed E-state index contributed by atoms with van der Waals surface area (Å²) in [6.45, 7) is 4.35. The molecule has 1 heterocycles. The van der Waals surface area contributed by atoms with Crippen molar-refractivity contribution in [2.45, 2.75) is 26.3 Å². The Kier molecular flexibility index (Phi) is 1.93. The molecule has 1 unspecified atom stereocenters. The van der Waals surface area contributed by atoms with E-state index in [2.05, 4.69) is 25.2 Å². The van der Waals surface area contributed by atoms with Crippen molar-refractivity contribution in [1.29, 1.82) is 0 Å². The van der Waals surface area contributed by atoms with Crippen LogP contribution in [0.3, 0.4) is 0 Å². The molecule has 1 heteroatoms. The SMILES string of the molecule is CCC1NC=CC=C1C. The molecule has 50 valence electrons. The summed E-state index contributed by atoms with van der Waals surface area (Å²) in [7, 11) is 0. The highest BCUT2D eigenvalue weighted by Crippen LogP contribution is 2.08. The molecule has 0 amide bonds. The van der Waals surface area contributed by atoms with Gasteiger partial charge >= 0.3 is 0 Å². The zero-order chi connectivity index (χ0) is 6.69. The third kappa shape index (κ3) is 1.35.